The van der Waals surface area contributed by atoms with E-state index in [1.807, 2.05) is 30.3 Å². The number of rotatable bonds is 11. The molecule has 0 radical (unpaired) electrons. The zero-order chi connectivity index (χ0) is 17.2. The van der Waals surface area contributed by atoms with Crippen LogP contribution in [-0.2, 0) is 4.74 Å². The van der Waals surface area contributed by atoms with E-state index in [4.69, 9.17) is 4.74 Å². The maximum atomic E-state index is 12.0. The van der Waals surface area contributed by atoms with E-state index in [0.29, 0.717) is 18.4 Å². The summed E-state index contributed by atoms with van der Waals surface area (Å²) in [5.41, 5.74) is 0.735. The van der Waals surface area contributed by atoms with Crippen molar-refractivity contribution in [1.29, 1.82) is 0 Å². The number of hydrogen-bond donors (Lipinski definition) is 0. The number of ether oxygens (including phenoxy) is 1. The van der Waals surface area contributed by atoms with Crippen LogP contribution in [0.5, 0.6) is 0 Å². The fourth-order valence-corrected chi connectivity index (χ4v) is 3.13. The standard InChI is InChI=1S/C21H34O2/c1-6-18(16(2)3)14-20(17(4)5)12-13-23-15-21(22)19-10-8-7-9-11-19/h7-11,16-18,20H,6,12-15H2,1-5H3. The molecule has 1 aromatic carbocycles. The van der Waals surface area contributed by atoms with Crippen LogP contribution in [0.4, 0.5) is 0 Å². The van der Waals surface area contributed by atoms with E-state index >= 15 is 0 Å². The highest BCUT2D eigenvalue weighted by atomic mass is 16.5. The molecule has 0 aliphatic heterocycles. The van der Waals surface area contributed by atoms with Gasteiger partial charge < -0.3 is 4.74 Å². The van der Waals surface area contributed by atoms with Crippen molar-refractivity contribution in [3.05, 3.63) is 35.9 Å². The zero-order valence-electron chi connectivity index (χ0n) is 15.5. The summed E-state index contributed by atoms with van der Waals surface area (Å²) in [6, 6.07) is 9.38. The lowest BCUT2D eigenvalue weighted by Crippen LogP contribution is -2.20. The highest BCUT2D eigenvalue weighted by Crippen LogP contribution is 2.29. The molecule has 2 heteroatoms. The molecule has 1 aromatic rings. The Labute approximate surface area is 142 Å². The number of carbonyl (C=O) groups is 1. The van der Waals surface area contributed by atoms with Gasteiger partial charge >= 0.3 is 0 Å². The third-order valence-electron chi connectivity index (χ3n) is 4.98. The van der Waals surface area contributed by atoms with Crippen LogP contribution < -0.4 is 0 Å². The molecule has 2 unspecified atom stereocenters. The maximum absolute atomic E-state index is 12.0. The number of carbonyl (C=O) groups excluding carboxylic acids is 1. The smallest absolute Gasteiger partial charge is 0.188 e. The quantitative estimate of drug-likeness (QED) is 0.391. The van der Waals surface area contributed by atoms with Crippen molar-refractivity contribution in [1.82, 2.24) is 0 Å². The molecule has 0 bridgehead atoms. The normalized spacial score (nSPS) is 14.2. The Morgan fingerprint density at radius 3 is 2.13 bits per heavy atom. The first-order valence-corrected chi connectivity index (χ1v) is 9.11. The molecular formula is C21H34O2. The number of Topliss-reactive ketones (excluding diaryl/α,β-unsaturated/α-hetero) is 1. The van der Waals surface area contributed by atoms with E-state index < -0.39 is 0 Å². The van der Waals surface area contributed by atoms with Crippen LogP contribution in [0.25, 0.3) is 0 Å². The van der Waals surface area contributed by atoms with Gasteiger partial charge in [0.2, 0.25) is 0 Å². The van der Waals surface area contributed by atoms with E-state index in [9.17, 15) is 4.79 Å². The third-order valence-corrected chi connectivity index (χ3v) is 4.98. The second-order valence-electron chi connectivity index (χ2n) is 7.28. The molecule has 0 aliphatic carbocycles. The lowest BCUT2D eigenvalue weighted by atomic mass is 9.79. The van der Waals surface area contributed by atoms with Crippen LogP contribution in [0.2, 0.25) is 0 Å². The zero-order valence-corrected chi connectivity index (χ0v) is 15.5. The molecule has 0 saturated carbocycles. The third kappa shape index (κ3) is 7.30. The molecule has 0 aromatic heterocycles. The lowest BCUT2D eigenvalue weighted by molar-refractivity contribution is 0.0701. The van der Waals surface area contributed by atoms with E-state index in [-0.39, 0.29) is 12.4 Å². The van der Waals surface area contributed by atoms with Crippen LogP contribution in [0.1, 0.15) is 64.2 Å². The van der Waals surface area contributed by atoms with Crippen molar-refractivity contribution >= 4 is 5.78 Å². The molecule has 0 amide bonds. The first-order chi connectivity index (χ1) is 11.0. The molecule has 130 valence electrons. The number of hydrogen-bond acceptors (Lipinski definition) is 2. The molecule has 2 atom stereocenters. The second-order valence-corrected chi connectivity index (χ2v) is 7.28. The Kier molecular flexibility index (Phi) is 9.16. The summed E-state index contributed by atoms with van der Waals surface area (Å²) in [5.74, 6) is 2.93. The van der Waals surface area contributed by atoms with Crippen LogP contribution in [0.3, 0.4) is 0 Å². The summed E-state index contributed by atoms with van der Waals surface area (Å²) < 4.78 is 5.66. The van der Waals surface area contributed by atoms with Crippen molar-refractivity contribution in [2.75, 3.05) is 13.2 Å². The molecule has 0 N–H and O–H groups in total. The van der Waals surface area contributed by atoms with Gasteiger partial charge in [-0.05, 0) is 36.5 Å². The Balaban J connectivity index is 2.37. The Morgan fingerprint density at radius 2 is 1.61 bits per heavy atom. The van der Waals surface area contributed by atoms with Gasteiger partial charge in [0.05, 0.1) is 0 Å². The molecular weight excluding hydrogens is 284 g/mol. The van der Waals surface area contributed by atoms with E-state index in [2.05, 4.69) is 34.6 Å². The van der Waals surface area contributed by atoms with Crippen molar-refractivity contribution in [2.45, 2.75) is 53.9 Å². The summed E-state index contributed by atoms with van der Waals surface area (Å²) in [6.45, 7) is 12.4. The highest BCUT2D eigenvalue weighted by molar-refractivity contribution is 5.96. The van der Waals surface area contributed by atoms with E-state index in [0.717, 1.165) is 23.8 Å². The van der Waals surface area contributed by atoms with Gasteiger partial charge in [-0.15, -0.1) is 0 Å². The number of benzene rings is 1. The van der Waals surface area contributed by atoms with Gasteiger partial charge in [0, 0.05) is 12.2 Å². The van der Waals surface area contributed by atoms with Gasteiger partial charge in [0.25, 0.3) is 0 Å². The fraction of sp³-hybridized carbons (Fsp3) is 0.667. The Bertz CT molecular complexity index is 436. The Hall–Kier alpha value is -1.15. The maximum Gasteiger partial charge on any atom is 0.188 e. The van der Waals surface area contributed by atoms with Crippen LogP contribution >= 0.6 is 0 Å². The summed E-state index contributed by atoms with van der Waals surface area (Å²) in [4.78, 5) is 12.0. The highest BCUT2D eigenvalue weighted by Gasteiger charge is 2.20. The predicted octanol–water partition coefficient (Wildman–Crippen LogP) is 5.62. The average molecular weight is 319 g/mol. The Morgan fingerprint density at radius 1 is 1.00 bits per heavy atom. The van der Waals surface area contributed by atoms with Gasteiger partial charge in [0.15, 0.2) is 5.78 Å². The lowest BCUT2D eigenvalue weighted by Gasteiger charge is -2.28. The minimum atomic E-state index is 0.0697. The molecule has 0 saturated heterocycles. The minimum Gasteiger partial charge on any atom is -0.373 e. The predicted molar refractivity (Wildman–Crippen MR) is 97.8 cm³/mol. The monoisotopic (exact) mass is 318 g/mol. The summed E-state index contributed by atoms with van der Waals surface area (Å²) in [7, 11) is 0. The van der Waals surface area contributed by atoms with Crippen molar-refractivity contribution in [3.8, 4) is 0 Å². The topological polar surface area (TPSA) is 26.3 Å². The van der Waals surface area contributed by atoms with Crippen molar-refractivity contribution in [3.63, 3.8) is 0 Å². The summed E-state index contributed by atoms with van der Waals surface area (Å²) >= 11 is 0. The molecule has 23 heavy (non-hydrogen) atoms. The molecule has 1 rings (SSSR count). The van der Waals surface area contributed by atoms with Crippen molar-refractivity contribution < 1.29 is 9.53 Å². The minimum absolute atomic E-state index is 0.0697. The largest absolute Gasteiger partial charge is 0.373 e. The molecule has 0 spiro atoms. The average Bonchev–Trinajstić information content (AvgIpc) is 2.54. The van der Waals surface area contributed by atoms with E-state index in [1.165, 1.54) is 12.8 Å². The summed E-state index contributed by atoms with van der Waals surface area (Å²) in [6.07, 6.45) is 3.55. The van der Waals surface area contributed by atoms with Crippen LogP contribution in [0.15, 0.2) is 30.3 Å². The number of ketones is 1. The van der Waals surface area contributed by atoms with Gasteiger partial charge in [-0.3, -0.25) is 4.79 Å². The van der Waals surface area contributed by atoms with Gasteiger partial charge in [0.1, 0.15) is 6.61 Å². The molecule has 2 nitrogen and oxygen atoms in total. The van der Waals surface area contributed by atoms with Gasteiger partial charge in [-0.2, -0.15) is 0 Å². The molecule has 0 aliphatic rings. The van der Waals surface area contributed by atoms with Gasteiger partial charge in [-0.1, -0.05) is 71.4 Å². The first kappa shape index (κ1) is 19.9. The SMILES string of the molecule is CCC(CC(CCOCC(=O)c1ccccc1)C(C)C)C(C)C. The van der Waals surface area contributed by atoms with E-state index in [1.54, 1.807) is 0 Å². The summed E-state index contributed by atoms with van der Waals surface area (Å²) in [5, 5.41) is 0. The molecule has 0 fully saturated rings. The first-order valence-electron chi connectivity index (χ1n) is 9.11. The fourth-order valence-electron chi connectivity index (χ4n) is 3.13. The van der Waals surface area contributed by atoms with Gasteiger partial charge in [-0.25, -0.2) is 0 Å². The van der Waals surface area contributed by atoms with Crippen LogP contribution in [-0.4, -0.2) is 19.0 Å². The van der Waals surface area contributed by atoms with Crippen LogP contribution in [0, 0.1) is 23.7 Å². The molecule has 0 heterocycles. The van der Waals surface area contributed by atoms with Crippen molar-refractivity contribution in [2.24, 2.45) is 23.7 Å². The second kappa shape index (κ2) is 10.6.